The molecule has 32 heavy (non-hydrogen) atoms. The van der Waals surface area contributed by atoms with Crippen molar-refractivity contribution in [3.8, 4) is 11.1 Å². The summed E-state index contributed by atoms with van der Waals surface area (Å²) in [7, 11) is -3.67. The number of hydrogen-bond acceptors (Lipinski definition) is 5. The van der Waals surface area contributed by atoms with Gasteiger partial charge >= 0.3 is 0 Å². The number of halogens is 1. The minimum absolute atomic E-state index is 0.0312. The van der Waals surface area contributed by atoms with Gasteiger partial charge in [-0.3, -0.25) is 0 Å². The van der Waals surface area contributed by atoms with Crippen LogP contribution in [0.5, 0.6) is 0 Å². The molecule has 2 heterocycles. The largest absolute Gasteiger partial charge is 0.423 e. The van der Waals surface area contributed by atoms with Crippen LogP contribution < -0.4 is 9.62 Å². The highest BCUT2D eigenvalue weighted by Gasteiger charge is 2.29. The number of hydrogen-bond donors (Lipinski definition) is 1. The molecule has 4 aromatic rings. The Kier molecular flexibility index (Phi) is 5.40. The number of fused-ring (bicyclic) bond motifs is 1. The molecule has 1 aliphatic rings. The van der Waals surface area contributed by atoms with Crippen LogP contribution >= 0.6 is 0 Å². The predicted molar refractivity (Wildman–Crippen MR) is 121 cm³/mol. The first-order valence-corrected chi connectivity index (χ1v) is 12.0. The van der Waals surface area contributed by atoms with Gasteiger partial charge in [-0.25, -0.2) is 17.5 Å². The summed E-state index contributed by atoms with van der Waals surface area (Å²) in [6.07, 6.45) is 1.79. The molecule has 0 amide bonds. The van der Waals surface area contributed by atoms with Crippen LogP contribution in [0, 0.1) is 5.82 Å². The van der Waals surface area contributed by atoms with E-state index in [0.29, 0.717) is 6.01 Å². The molecule has 6 nitrogen and oxygen atoms in total. The lowest BCUT2D eigenvalue weighted by Crippen LogP contribution is -2.40. The van der Waals surface area contributed by atoms with E-state index in [1.165, 1.54) is 12.1 Å². The van der Waals surface area contributed by atoms with E-state index in [1.807, 2.05) is 29.2 Å². The number of sulfonamides is 1. The third-order valence-corrected chi connectivity index (χ3v) is 7.20. The van der Waals surface area contributed by atoms with E-state index >= 15 is 0 Å². The number of nitrogens with zero attached hydrogens (tertiary/aromatic N) is 2. The van der Waals surface area contributed by atoms with Gasteiger partial charge in [-0.15, -0.1) is 0 Å². The van der Waals surface area contributed by atoms with Crippen LogP contribution in [0.4, 0.5) is 10.4 Å². The van der Waals surface area contributed by atoms with Gasteiger partial charge in [0.2, 0.25) is 10.0 Å². The van der Waals surface area contributed by atoms with Crippen molar-refractivity contribution in [2.75, 3.05) is 18.0 Å². The van der Waals surface area contributed by atoms with Gasteiger partial charge < -0.3 is 9.32 Å². The molecular weight excluding hydrogens is 429 g/mol. The Bertz CT molecular complexity index is 1300. The zero-order chi connectivity index (χ0) is 22.1. The maximum absolute atomic E-state index is 13.1. The third-order valence-electron chi connectivity index (χ3n) is 5.76. The highest BCUT2D eigenvalue weighted by atomic mass is 32.2. The molecule has 8 heteroatoms. The number of anilines is 1. The second-order valence-corrected chi connectivity index (χ2v) is 9.60. The van der Waals surface area contributed by atoms with Gasteiger partial charge in [0.05, 0.1) is 4.90 Å². The molecule has 1 saturated heterocycles. The Balaban J connectivity index is 1.28. The highest BCUT2D eigenvalue weighted by Crippen LogP contribution is 2.28. The zero-order valence-corrected chi connectivity index (χ0v) is 18.1. The molecule has 5 rings (SSSR count). The van der Waals surface area contributed by atoms with Gasteiger partial charge in [-0.1, -0.05) is 36.4 Å². The summed E-state index contributed by atoms with van der Waals surface area (Å²) < 4.78 is 47.4. The SMILES string of the molecule is O=S(=O)(NCC1CCCN1c1nc2ccccc2o1)c1ccc(-c2ccc(F)cc2)cc1. The molecule has 0 spiro atoms. The van der Waals surface area contributed by atoms with Gasteiger partial charge in [0, 0.05) is 19.1 Å². The van der Waals surface area contributed by atoms with Crippen LogP contribution in [0.15, 0.2) is 82.1 Å². The summed E-state index contributed by atoms with van der Waals surface area (Å²) in [5.41, 5.74) is 3.15. The van der Waals surface area contributed by atoms with E-state index < -0.39 is 10.0 Å². The van der Waals surface area contributed by atoms with E-state index in [4.69, 9.17) is 4.42 Å². The van der Waals surface area contributed by atoms with Crippen molar-refractivity contribution in [3.63, 3.8) is 0 Å². The highest BCUT2D eigenvalue weighted by molar-refractivity contribution is 7.89. The fourth-order valence-corrected chi connectivity index (χ4v) is 5.11. The quantitative estimate of drug-likeness (QED) is 0.464. The van der Waals surface area contributed by atoms with Gasteiger partial charge in [0.15, 0.2) is 5.58 Å². The van der Waals surface area contributed by atoms with E-state index in [0.717, 1.165) is 41.6 Å². The maximum Gasteiger partial charge on any atom is 0.298 e. The zero-order valence-electron chi connectivity index (χ0n) is 17.2. The Morgan fingerprint density at radius 1 is 1.00 bits per heavy atom. The van der Waals surface area contributed by atoms with Crippen LogP contribution in [-0.2, 0) is 10.0 Å². The van der Waals surface area contributed by atoms with Crippen LogP contribution in [0.2, 0.25) is 0 Å². The molecule has 0 radical (unpaired) electrons. The summed E-state index contributed by atoms with van der Waals surface area (Å²) in [5.74, 6) is -0.309. The van der Waals surface area contributed by atoms with Gasteiger partial charge in [0.25, 0.3) is 6.01 Å². The van der Waals surface area contributed by atoms with Crippen LogP contribution in [-0.4, -0.2) is 32.5 Å². The molecule has 1 aliphatic heterocycles. The van der Waals surface area contributed by atoms with Gasteiger partial charge in [-0.05, 0) is 60.4 Å². The molecule has 0 aliphatic carbocycles. The third kappa shape index (κ3) is 4.11. The van der Waals surface area contributed by atoms with Crippen molar-refractivity contribution >= 4 is 27.1 Å². The Morgan fingerprint density at radius 2 is 1.69 bits per heavy atom. The number of aromatic nitrogens is 1. The average molecular weight is 452 g/mol. The van der Waals surface area contributed by atoms with Crippen molar-refractivity contribution in [2.45, 2.75) is 23.8 Å². The number of benzene rings is 3. The molecule has 1 fully saturated rings. The standard InChI is InChI=1S/C24H22FN3O3S/c25-19-11-7-17(8-12-19)18-9-13-21(14-10-18)32(29,30)26-16-20-4-3-15-28(20)24-27-22-5-1-2-6-23(22)31-24/h1-2,5-14,20,26H,3-4,15-16H2. The number of rotatable bonds is 6. The van der Waals surface area contributed by atoms with Crippen LogP contribution in [0.3, 0.4) is 0 Å². The first-order valence-electron chi connectivity index (χ1n) is 10.5. The summed E-state index contributed by atoms with van der Waals surface area (Å²) in [4.78, 5) is 6.77. The van der Waals surface area contributed by atoms with Crippen LogP contribution in [0.1, 0.15) is 12.8 Å². The molecule has 164 valence electrons. The summed E-state index contributed by atoms with van der Waals surface area (Å²) >= 11 is 0. The average Bonchev–Trinajstić information content (AvgIpc) is 3.45. The second-order valence-electron chi connectivity index (χ2n) is 7.84. The van der Waals surface area contributed by atoms with Gasteiger partial charge in [0.1, 0.15) is 11.3 Å². The molecule has 1 aromatic heterocycles. The van der Waals surface area contributed by atoms with E-state index in [-0.39, 0.29) is 23.3 Å². The van der Waals surface area contributed by atoms with Gasteiger partial charge in [-0.2, -0.15) is 4.98 Å². The van der Waals surface area contributed by atoms with Crippen LogP contribution in [0.25, 0.3) is 22.2 Å². The first-order chi connectivity index (χ1) is 15.5. The molecule has 0 bridgehead atoms. The molecule has 1 unspecified atom stereocenters. The fraction of sp³-hybridized carbons (Fsp3) is 0.208. The normalized spacial score (nSPS) is 16.7. The molecule has 1 atom stereocenters. The summed E-state index contributed by atoms with van der Waals surface area (Å²) in [6.45, 7) is 1.03. The lowest BCUT2D eigenvalue weighted by atomic mass is 10.1. The number of nitrogens with one attached hydrogen (secondary N) is 1. The Labute approximate surface area is 185 Å². The lowest BCUT2D eigenvalue weighted by Gasteiger charge is -2.23. The number of oxazole rings is 1. The second kappa shape index (κ2) is 8.37. The summed E-state index contributed by atoms with van der Waals surface area (Å²) in [5, 5.41) is 0. The van der Waals surface area contributed by atoms with E-state index in [2.05, 4.69) is 9.71 Å². The van der Waals surface area contributed by atoms with Crippen molar-refractivity contribution in [2.24, 2.45) is 0 Å². The van der Waals surface area contributed by atoms with Crippen molar-refractivity contribution in [1.82, 2.24) is 9.71 Å². The molecular formula is C24H22FN3O3S. The monoisotopic (exact) mass is 451 g/mol. The number of para-hydroxylation sites is 2. The van der Waals surface area contributed by atoms with Crippen molar-refractivity contribution < 1.29 is 17.2 Å². The smallest absolute Gasteiger partial charge is 0.298 e. The minimum Gasteiger partial charge on any atom is -0.423 e. The topological polar surface area (TPSA) is 75.4 Å². The Hall–Kier alpha value is -3.23. The molecule has 0 saturated carbocycles. The van der Waals surface area contributed by atoms with Crippen molar-refractivity contribution in [1.29, 1.82) is 0 Å². The fourth-order valence-electron chi connectivity index (χ4n) is 4.04. The Morgan fingerprint density at radius 3 is 2.41 bits per heavy atom. The molecule has 3 aromatic carbocycles. The maximum atomic E-state index is 13.1. The van der Waals surface area contributed by atoms with E-state index in [9.17, 15) is 12.8 Å². The minimum atomic E-state index is -3.67. The molecule has 1 N–H and O–H groups in total. The van der Waals surface area contributed by atoms with Crippen molar-refractivity contribution in [3.05, 3.63) is 78.6 Å². The van der Waals surface area contributed by atoms with E-state index in [1.54, 1.807) is 36.4 Å². The predicted octanol–water partition coefficient (Wildman–Crippen LogP) is 4.58. The lowest BCUT2D eigenvalue weighted by molar-refractivity contribution is 0.534. The summed E-state index contributed by atoms with van der Waals surface area (Å²) in [6, 6.07) is 20.7. The first kappa shape index (κ1) is 20.7.